The molecule has 0 fully saturated rings. The first-order valence-corrected chi connectivity index (χ1v) is 6.09. The summed E-state index contributed by atoms with van der Waals surface area (Å²) in [6, 6.07) is 3.31. The van der Waals surface area contributed by atoms with E-state index in [0.717, 1.165) is 4.88 Å². The highest BCUT2D eigenvalue weighted by Crippen LogP contribution is 2.08. The summed E-state index contributed by atoms with van der Waals surface area (Å²) < 4.78 is 4.89. The van der Waals surface area contributed by atoms with Gasteiger partial charge in [0.2, 0.25) is 0 Å². The molecule has 0 aliphatic carbocycles. The molecular formula is C10H14N4O2S. The molecule has 17 heavy (non-hydrogen) atoms. The number of carbonyl (C=O) groups is 1. The van der Waals surface area contributed by atoms with Gasteiger partial charge in [-0.05, 0) is 23.9 Å². The summed E-state index contributed by atoms with van der Waals surface area (Å²) in [7, 11) is 0. The second-order valence-corrected chi connectivity index (χ2v) is 4.21. The predicted molar refractivity (Wildman–Crippen MR) is 65.6 cm³/mol. The molecular weight excluding hydrogens is 240 g/mol. The van der Waals surface area contributed by atoms with Gasteiger partial charge in [0.1, 0.15) is 6.04 Å². The molecule has 1 rings (SSSR count). The summed E-state index contributed by atoms with van der Waals surface area (Å²) in [5, 5.41) is 8.37. The van der Waals surface area contributed by atoms with E-state index in [9.17, 15) is 4.79 Å². The number of ether oxygens (including phenoxy) is 1. The molecule has 1 N–H and O–H groups in total. The first kappa shape index (κ1) is 13.5. The molecule has 0 aliphatic rings. The van der Waals surface area contributed by atoms with Gasteiger partial charge in [0.15, 0.2) is 0 Å². The third-order valence-electron chi connectivity index (χ3n) is 2.00. The molecule has 1 aromatic heterocycles. The topological polar surface area (TPSA) is 87.1 Å². The Labute approximate surface area is 103 Å². The lowest BCUT2D eigenvalue weighted by atomic mass is 10.3. The van der Waals surface area contributed by atoms with E-state index >= 15 is 0 Å². The number of carbonyl (C=O) groups excluding carboxylic acids is 1. The van der Waals surface area contributed by atoms with E-state index in [0.29, 0.717) is 13.2 Å². The standard InChI is InChI=1S/C10H14N4O2S/c1-2-16-10(15)9(7-13-14-11)12-6-8-4-3-5-17-8/h3-5,9,12H,2,6-7H2,1H3. The predicted octanol–water partition coefficient (Wildman–Crippen LogP) is 2.08. The van der Waals surface area contributed by atoms with Crippen molar-refractivity contribution in [3.05, 3.63) is 32.8 Å². The Bertz CT molecular complexity index is 387. The van der Waals surface area contributed by atoms with Crippen molar-refractivity contribution in [1.29, 1.82) is 0 Å². The Morgan fingerprint density at radius 2 is 2.59 bits per heavy atom. The molecule has 0 aromatic carbocycles. The van der Waals surface area contributed by atoms with Crippen LogP contribution in [0.4, 0.5) is 0 Å². The van der Waals surface area contributed by atoms with E-state index in [1.54, 1.807) is 18.3 Å². The highest BCUT2D eigenvalue weighted by molar-refractivity contribution is 7.09. The van der Waals surface area contributed by atoms with Crippen LogP contribution < -0.4 is 5.32 Å². The Morgan fingerprint density at radius 3 is 3.18 bits per heavy atom. The van der Waals surface area contributed by atoms with Gasteiger partial charge in [-0.15, -0.1) is 11.3 Å². The molecule has 0 bridgehead atoms. The maximum atomic E-state index is 11.5. The van der Waals surface area contributed by atoms with E-state index in [2.05, 4.69) is 15.3 Å². The minimum Gasteiger partial charge on any atom is -0.465 e. The van der Waals surface area contributed by atoms with Crippen LogP contribution in [0.15, 0.2) is 22.6 Å². The molecule has 0 amide bonds. The fourth-order valence-corrected chi connectivity index (χ4v) is 1.88. The zero-order valence-corrected chi connectivity index (χ0v) is 10.3. The highest BCUT2D eigenvalue weighted by atomic mass is 32.1. The van der Waals surface area contributed by atoms with Crippen molar-refractivity contribution in [3.63, 3.8) is 0 Å². The number of thiophene rings is 1. The zero-order valence-electron chi connectivity index (χ0n) is 9.50. The molecule has 6 nitrogen and oxygen atoms in total. The van der Waals surface area contributed by atoms with Gasteiger partial charge in [0.05, 0.1) is 13.2 Å². The summed E-state index contributed by atoms with van der Waals surface area (Å²) >= 11 is 1.60. The lowest BCUT2D eigenvalue weighted by Crippen LogP contribution is -2.39. The van der Waals surface area contributed by atoms with Gasteiger partial charge < -0.3 is 4.74 Å². The van der Waals surface area contributed by atoms with Crippen molar-refractivity contribution in [2.24, 2.45) is 5.11 Å². The van der Waals surface area contributed by atoms with Crippen molar-refractivity contribution < 1.29 is 9.53 Å². The van der Waals surface area contributed by atoms with Gasteiger partial charge in [0, 0.05) is 16.3 Å². The average molecular weight is 254 g/mol. The molecule has 0 saturated carbocycles. The second-order valence-electron chi connectivity index (χ2n) is 3.18. The molecule has 0 spiro atoms. The molecule has 1 heterocycles. The molecule has 92 valence electrons. The summed E-state index contributed by atoms with van der Waals surface area (Å²) in [6.07, 6.45) is 0. The van der Waals surface area contributed by atoms with Crippen molar-refractivity contribution in [1.82, 2.24) is 5.32 Å². The van der Waals surface area contributed by atoms with E-state index < -0.39 is 12.0 Å². The molecule has 0 radical (unpaired) electrons. The maximum Gasteiger partial charge on any atom is 0.323 e. The third-order valence-corrected chi connectivity index (χ3v) is 2.88. The van der Waals surface area contributed by atoms with Gasteiger partial charge >= 0.3 is 5.97 Å². The number of nitrogens with zero attached hydrogens (tertiary/aromatic N) is 3. The van der Waals surface area contributed by atoms with E-state index in [4.69, 9.17) is 10.3 Å². The molecule has 1 unspecified atom stereocenters. The number of nitrogens with one attached hydrogen (secondary N) is 1. The lowest BCUT2D eigenvalue weighted by Gasteiger charge is -2.14. The van der Waals surface area contributed by atoms with Gasteiger partial charge in [-0.1, -0.05) is 11.2 Å². The Kier molecular flexibility index (Phi) is 6.09. The summed E-state index contributed by atoms with van der Waals surface area (Å²) in [5.41, 5.74) is 8.26. The zero-order chi connectivity index (χ0) is 12.5. The van der Waals surface area contributed by atoms with Crippen LogP contribution in [0.3, 0.4) is 0 Å². The first-order valence-electron chi connectivity index (χ1n) is 5.21. The van der Waals surface area contributed by atoms with Gasteiger partial charge in [-0.2, -0.15) is 0 Å². The van der Waals surface area contributed by atoms with Crippen LogP contribution in [0.2, 0.25) is 0 Å². The van der Waals surface area contributed by atoms with Crippen molar-refractivity contribution in [2.75, 3.05) is 13.2 Å². The lowest BCUT2D eigenvalue weighted by molar-refractivity contribution is -0.145. The minimum absolute atomic E-state index is 0.0563. The largest absolute Gasteiger partial charge is 0.465 e. The smallest absolute Gasteiger partial charge is 0.323 e. The van der Waals surface area contributed by atoms with Crippen LogP contribution in [0.25, 0.3) is 10.4 Å². The number of rotatable bonds is 7. The normalized spacial score (nSPS) is 11.6. The SMILES string of the molecule is CCOC(=O)C(CN=[N+]=[N-])NCc1cccs1. The fourth-order valence-electron chi connectivity index (χ4n) is 1.22. The number of hydrogen-bond donors (Lipinski definition) is 1. The van der Waals surface area contributed by atoms with E-state index in [-0.39, 0.29) is 6.54 Å². The van der Waals surface area contributed by atoms with Crippen LogP contribution >= 0.6 is 11.3 Å². The summed E-state index contributed by atoms with van der Waals surface area (Å²) in [5.74, 6) is -0.392. The maximum absolute atomic E-state index is 11.5. The van der Waals surface area contributed by atoms with Crippen LogP contribution in [-0.2, 0) is 16.1 Å². The number of hydrogen-bond acceptors (Lipinski definition) is 5. The first-order chi connectivity index (χ1) is 8.27. The van der Waals surface area contributed by atoms with Gasteiger partial charge in [-0.25, -0.2) is 0 Å². The minimum atomic E-state index is -0.590. The van der Waals surface area contributed by atoms with Crippen molar-refractivity contribution >= 4 is 17.3 Å². The third kappa shape index (κ3) is 4.86. The van der Waals surface area contributed by atoms with Crippen LogP contribution in [0.5, 0.6) is 0 Å². The van der Waals surface area contributed by atoms with Crippen LogP contribution in [0.1, 0.15) is 11.8 Å². The Hall–Kier alpha value is -1.56. The Balaban J connectivity index is 2.50. The summed E-state index contributed by atoms with van der Waals surface area (Å²) in [4.78, 5) is 15.3. The molecule has 0 aliphatic heterocycles. The molecule has 0 saturated heterocycles. The molecule has 1 atom stereocenters. The molecule has 1 aromatic rings. The highest BCUT2D eigenvalue weighted by Gasteiger charge is 2.18. The monoisotopic (exact) mass is 254 g/mol. The molecule has 7 heteroatoms. The van der Waals surface area contributed by atoms with Crippen LogP contribution in [0, 0.1) is 0 Å². The average Bonchev–Trinajstić information content (AvgIpc) is 2.82. The quantitative estimate of drug-likeness (QED) is 0.350. The second kappa shape index (κ2) is 7.67. The van der Waals surface area contributed by atoms with Crippen LogP contribution in [-0.4, -0.2) is 25.2 Å². The van der Waals surface area contributed by atoms with E-state index in [1.165, 1.54) is 0 Å². The van der Waals surface area contributed by atoms with Crippen molar-refractivity contribution in [3.8, 4) is 0 Å². The van der Waals surface area contributed by atoms with Gasteiger partial charge in [-0.3, -0.25) is 10.1 Å². The number of esters is 1. The van der Waals surface area contributed by atoms with Crippen molar-refractivity contribution in [2.45, 2.75) is 19.5 Å². The summed E-state index contributed by atoms with van der Waals surface area (Å²) in [6.45, 7) is 2.66. The van der Waals surface area contributed by atoms with Gasteiger partial charge in [0.25, 0.3) is 0 Å². The Morgan fingerprint density at radius 1 is 1.76 bits per heavy atom. The number of azide groups is 1. The fraction of sp³-hybridized carbons (Fsp3) is 0.500. The van der Waals surface area contributed by atoms with E-state index in [1.807, 2.05) is 17.5 Å².